The Morgan fingerprint density at radius 3 is 2.77 bits per heavy atom. The van der Waals surface area contributed by atoms with E-state index in [4.69, 9.17) is 0 Å². The third-order valence-electron chi connectivity index (χ3n) is 1.83. The van der Waals surface area contributed by atoms with Crippen LogP contribution in [0.25, 0.3) is 0 Å². The zero-order valence-corrected chi connectivity index (χ0v) is 8.26. The molecule has 1 aliphatic rings. The number of carbonyl (C=O) groups excluding carboxylic acids is 1. The standard InChI is InChI=1S/C7H13NO4S/c1-2-12-7(9)8-6-3-4-13(10,11)5-6/h6H,2-5H2,1H3,(H,8,9)/t6-/m0/s1. The maximum Gasteiger partial charge on any atom is 0.407 e. The van der Waals surface area contributed by atoms with Gasteiger partial charge < -0.3 is 10.1 Å². The van der Waals surface area contributed by atoms with Crippen molar-refractivity contribution < 1.29 is 17.9 Å². The Bertz CT molecular complexity index is 285. The Kier molecular flexibility index (Phi) is 3.13. The van der Waals surface area contributed by atoms with Gasteiger partial charge in [0.25, 0.3) is 0 Å². The van der Waals surface area contributed by atoms with Gasteiger partial charge in [-0.05, 0) is 13.3 Å². The topological polar surface area (TPSA) is 72.5 Å². The summed E-state index contributed by atoms with van der Waals surface area (Å²) in [5, 5.41) is 2.50. The van der Waals surface area contributed by atoms with Crippen LogP contribution in [0.1, 0.15) is 13.3 Å². The van der Waals surface area contributed by atoms with Crippen LogP contribution in [0.2, 0.25) is 0 Å². The Labute approximate surface area is 77.4 Å². The summed E-state index contributed by atoms with van der Waals surface area (Å²) in [6.45, 7) is 2.00. The molecule has 0 saturated carbocycles. The second kappa shape index (κ2) is 3.95. The SMILES string of the molecule is CCOC(=O)N[C@H]1CCS(=O)(=O)C1. The van der Waals surface area contributed by atoms with Gasteiger partial charge in [0.2, 0.25) is 0 Å². The smallest absolute Gasteiger partial charge is 0.407 e. The molecule has 0 aromatic carbocycles. The van der Waals surface area contributed by atoms with Crippen molar-refractivity contribution in [3.63, 3.8) is 0 Å². The Balaban J connectivity index is 2.36. The van der Waals surface area contributed by atoms with Gasteiger partial charge in [0.1, 0.15) is 0 Å². The van der Waals surface area contributed by atoms with Gasteiger partial charge in [-0.2, -0.15) is 0 Å². The molecule has 1 rings (SSSR count). The molecule has 0 aromatic heterocycles. The van der Waals surface area contributed by atoms with Crippen LogP contribution < -0.4 is 5.32 Å². The molecule has 6 heteroatoms. The van der Waals surface area contributed by atoms with E-state index in [-0.39, 0.29) is 17.5 Å². The lowest BCUT2D eigenvalue weighted by Gasteiger charge is -2.09. The summed E-state index contributed by atoms with van der Waals surface area (Å²) in [4.78, 5) is 10.9. The summed E-state index contributed by atoms with van der Waals surface area (Å²) in [7, 11) is -2.93. The monoisotopic (exact) mass is 207 g/mol. The number of hydrogen-bond acceptors (Lipinski definition) is 4. The Morgan fingerprint density at radius 1 is 1.62 bits per heavy atom. The predicted molar refractivity (Wildman–Crippen MR) is 47.2 cm³/mol. The number of ether oxygens (including phenoxy) is 1. The summed E-state index contributed by atoms with van der Waals surface area (Å²) < 4.78 is 26.6. The van der Waals surface area contributed by atoms with Gasteiger partial charge in [0, 0.05) is 6.04 Å². The molecule has 1 aliphatic heterocycles. The molecule has 1 atom stereocenters. The lowest BCUT2D eigenvalue weighted by molar-refractivity contribution is 0.149. The van der Waals surface area contributed by atoms with Crippen molar-refractivity contribution >= 4 is 15.9 Å². The quantitative estimate of drug-likeness (QED) is 0.687. The second-order valence-electron chi connectivity index (χ2n) is 2.96. The number of rotatable bonds is 2. The van der Waals surface area contributed by atoms with Gasteiger partial charge in [0.05, 0.1) is 18.1 Å². The number of hydrogen-bond donors (Lipinski definition) is 1. The minimum atomic E-state index is -2.93. The number of alkyl carbamates (subject to hydrolysis) is 1. The first kappa shape index (κ1) is 10.3. The zero-order valence-electron chi connectivity index (χ0n) is 7.45. The van der Waals surface area contributed by atoms with E-state index in [1.54, 1.807) is 6.92 Å². The first-order valence-corrected chi connectivity index (χ1v) is 5.99. The van der Waals surface area contributed by atoms with Crippen molar-refractivity contribution in [2.45, 2.75) is 19.4 Å². The van der Waals surface area contributed by atoms with Gasteiger partial charge in [-0.15, -0.1) is 0 Å². The van der Waals surface area contributed by atoms with Crippen LogP contribution in [0.3, 0.4) is 0 Å². The number of carbonyl (C=O) groups is 1. The molecule has 1 heterocycles. The minimum absolute atomic E-state index is 0.0335. The normalized spacial score (nSPS) is 25.5. The van der Waals surface area contributed by atoms with Crippen molar-refractivity contribution in [1.29, 1.82) is 0 Å². The highest BCUT2D eigenvalue weighted by Gasteiger charge is 2.29. The molecular formula is C7H13NO4S. The van der Waals surface area contributed by atoms with E-state index >= 15 is 0 Å². The van der Waals surface area contributed by atoms with E-state index in [0.717, 1.165) is 0 Å². The Morgan fingerprint density at radius 2 is 2.31 bits per heavy atom. The van der Waals surface area contributed by atoms with Crippen molar-refractivity contribution in [2.75, 3.05) is 18.1 Å². The van der Waals surface area contributed by atoms with Crippen LogP contribution in [-0.4, -0.2) is 38.7 Å². The lowest BCUT2D eigenvalue weighted by atomic mass is 10.3. The maximum atomic E-state index is 11.0. The fraction of sp³-hybridized carbons (Fsp3) is 0.857. The molecule has 1 amide bonds. The van der Waals surface area contributed by atoms with Gasteiger partial charge in [-0.1, -0.05) is 0 Å². The van der Waals surface area contributed by atoms with Gasteiger partial charge in [-0.3, -0.25) is 0 Å². The lowest BCUT2D eigenvalue weighted by Crippen LogP contribution is -2.35. The summed E-state index contributed by atoms with van der Waals surface area (Å²) in [5.41, 5.74) is 0. The molecule has 0 bridgehead atoms. The molecular weight excluding hydrogens is 194 g/mol. The number of amides is 1. The molecule has 13 heavy (non-hydrogen) atoms. The highest BCUT2D eigenvalue weighted by atomic mass is 32.2. The third kappa shape index (κ3) is 3.22. The molecule has 0 radical (unpaired) electrons. The molecule has 1 N–H and O–H groups in total. The van der Waals surface area contributed by atoms with E-state index in [2.05, 4.69) is 10.1 Å². The average molecular weight is 207 g/mol. The molecule has 0 spiro atoms. The van der Waals surface area contributed by atoms with E-state index in [1.807, 2.05) is 0 Å². The maximum absolute atomic E-state index is 11.0. The first-order chi connectivity index (χ1) is 6.03. The molecule has 0 unspecified atom stereocenters. The van der Waals surface area contributed by atoms with Crippen LogP contribution in [-0.2, 0) is 14.6 Å². The summed E-state index contributed by atoms with van der Waals surface area (Å²) in [6.07, 6.45) is -0.0502. The molecule has 1 fully saturated rings. The van der Waals surface area contributed by atoms with Crippen molar-refractivity contribution in [3.8, 4) is 0 Å². The summed E-state index contributed by atoms with van der Waals surface area (Å²) in [5.74, 6) is 0.190. The van der Waals surface area contributed by atoms with Gasteiger partial charge in [0.15, 0.2) is 9.84 Å². The van der Waals surface area contributed by atoms with Crippen molar-refractivity contribution in [1.82, 2.24) is 5.32 Å². The largest absolute Gasteiger partial charge is 0.450 e. The fourth-order valence-electron chi connectivity index (χ4n) is 1.25. The van der Waals surface area contributed by atoms with E-state index in [1.165, 1.54) is 0 Å². The van der Waals surface area contributed by atoms with Crippen LogP contribution in [0.15, 0.2) is 0 Å². The second-order valence-corrected chi connectivity index (χ2v) is 5.19. The molecule has 5 nitrogen and oxygen atoms in total. The highest BCUT2D eigenvalue weighted by Crippen LogP contribution is 2.11. The Hall–Kier alpha value is -0.780. The van der Waals surface area contributed by atoms with E-state index in [0.29, 0.717) is 13.0 Å². The van der Waals surface area contributed by atoms with Crippen LogP contribution in [0.4, 0.5) is 4.79 Å². The molecule has 0 aromatic rings. The average Bonchev–Trinajstić information content (AvgIpc) is 2.30. The van der Waals surface area contributed by atoms with Crippen LogP contribution in [0, 0.1) is 0 Å². The zero-order chi connectivity index (χ0) is 9.90. The van der Waals surface area contributed by atoms with E-state index in [9.17, 15) is 13.2 Å². The van der Waals surface area contributed by atoms with Gasteiger partial charge >= 0.3 is 6.09 Å². The number of nitrogens with one attached hydrogen (secondary N) is 1. The molecule has 0 aliphatic carbocycles. The van der Waals surface area contributed by atoms with Crippen LogP contribution in [0.5, 0.6) is 0 Å². The van der Waals surface area contributed by atoms with Crippen molar-refractivity contribution in [3.05, 3.63) is 0 Å². The number of sulfone groups is 1. The highest BCUT2D eigenvalue weighted by molar-refractivity contribution is 7.91. The summed E-state index contributed by atoms with van der Waals surface area (Å²) >= 11 is 0. The summed E-state index contributed by atoms with van der Waals surface area (Å²) in [6, 6.07) is -0.274. The van der Waals surface area contributed by atoms with Crippen LogP contribution >= 0.6 is 0 Å². The third-order valence-corrected chi connectivity index (χ3v) is 3.60. The van der Waals surface area contributed by atoms with E-state index < -0.39 is 15.9 Å². The fourth-order valence-corrected chi connectivity index (χ4v) is 2.92. The first-order valence-electron chi connectivity index (χ1n) is 4.17. The van der Waals surface area contributed by atoms with Gasteiger partial charge in [-0.25, -0.2) is 13.2 Å². The van der Waals surface area contributed by atoms with Crippen molar-refractivity contribution in [2.24, 2.45) is 0 Å². The molecule has 76 valence electrons. The molecule has 1 saturated heterocycles. The minimum Gasteiger partial charge on any atom is -0.450 e. The predicted octanol–water partition coefficient (Wildman–Crippen LogP) is -0.0804.